The number of aryl methyl sites for hydroxylation is 2. The Morgan fingerprint density at radius 3 is 2.96 bits per heavy atom. The number of rotatable bonds is 5. The van der Waals surface area contributed by atoms with Gasteiger partial charge in [-0.3, -0.25) is 4.79 Å². The number of halogens is 1. The molecule has 0 spiro atoms. The summed E-state index contributed by atoms with van der Waals surface area (Å²) in [6, 6.07) is 8.37. The Morgan fingerprint density at radius 1 is 1.30 bits per heavy atom. The lowest BCUT2D eigenvalue weighted by atomic mass is 9.89. The molecule has 0 saturated carbocycles. The molecule has 7 heteroatoms. The Morgan fingerprint density at radius 2 is 2.11 bits per heavy atom. The van der Waals surface area contributed by atoms with Gasteiger partial charge in [-0.2, -0.15) is 0 Å². The van der Waals surface area contributed by atoms with Gasteiger partial charge in [0.2, 0.25) is 5.91 Å². The predicted octanol–water partition coefficient (Wildman–Crippen LogP) is 4.46. The van der Waals surface area contributed by atoms with Crippen molar-refractivity contribution in [1.82, 2.24) is 20.3 Å². The first-order valence-electron chi connectivity index (χ1n) is 9.13. The standard InChI is InChI=1S/C20H21ClN4OS/c1-12(14-7-6-13-4-2-3-5-15(13)8-14)23-18(26)11-27-20-24-17-9-16(21)10-22-19(17)25-20/h6-10,12H,2-5,11H2,1H3,(H,23,26)(H,22,24,25)/t12-/m0/s1. The van der Waals surface area contributed by atoms with Gasteiger partial charge in [-0.15, -0.1) is 0 Å². The van der Waals surface area contributed by atoms with Crippen molar-refractivity contribution in [2.24, 2.45) is 0 Å². The van der Waals surface area contributed by atoms with E-state index in [-0.39, 0.29) is 11.9 Å². The molecular formula is C20H21ClN4OS. The number of aromatic nitrogens is 3. The Balaban J connectivity index is 1.35. The molecule has 2 heterocycles. The molecular weight excluding hydrogens is 380 g/mol. The fraction of sp³-hybridized carbons (Fsp3) is 0.350. The molecule has 1 aliphatic carbocycles. The zero-order valence-electron chi connectivity index (χ0n) is 15.1. The molecule has 0 radical (unpaired) electrons. The lowest BCUT2D eigenvalue weighted by Gasteiger charge is -2.20. The van der Waals surface area contributed by atoms with Gasteiger partial charge in [0.15, 0.2) is 10.8 Å². The summed E-state index contributed by atoms with van der Waals surface area (Å²) in [5.41, 5.74) is 5.43. The van der Waals surface area contributed by atoms with Gasteiger partial charge in [-0.05, 0) is 55.4 Å². The molecule has 4 rings (SSSR count). The normalized spacial score (nSPS) is 14.7. The smallest absolute Gasteiger partial charge is 0.230 e. The number of nitrogens with one attached hydrogen (secondary N) is 2. The summed E-state index contributed by atoms with van der Waals surface area (Å²) >= 11 is 7.29. The van der Waals surface area contributed by atoms with E-state index in [2.05, 4.69) is 38.5 Å². The van der Waals surface area contributed by atoms with Crippen LogP contribution in [0, 0.1) is 0 Å². The fourth-order valence-electron chi connectivity index (χ4n) is 3.44. The zero-order valence-corrected chi connectivity index (χ0v) is 16.7. The summed E-state index contributed by atoms with van der Waals surface area (Å²) in [4.78, 5) is 24.0. The van der Waals surface area contributed by atoms with Crippen LogP contribution in [-0.2, 0) is 17.6 Å². The highest BCUT2D eigenvalue weighted by Crippen LogP contribution is 2.25. The summed E-state index contributed by atoms with van der Waals surface area (Å²) in [7, 11) is 0. The molecule has 1 aliphatic rings. The highest BCUT2D eigenvalue weighted by molar-refractivity contribution is 7.99. The largest absolute Gasteiger partial charge is 0.349 e. The lowest BCUT2D eigenvalue weighted by Crippen LogP contribution is -2.28. The number of nitrogens with zero attached hydrogens (tertiary/aromatic N) is 2. The van der Waals surface area contributed by atoms with Crippen molar-refractivity contribution in [3.05, 3.63) is 52.2 Å². The maximum absolute atomic E-state index is 12.3. The van der Waals surface area contributed by atoms with Gasteiger partial charge >= 0.3 is 0 Å². The maximum Gasteiger partial charge on any atom is 0.230 e. The van der Waals surface area contributed by atoms with Crippen molar-refractivity contribution in [3.8, 4) is 0 Å². The van der Waals surface area contributed by atoms with E-state index >= 15 is 0 Å². The SMILES string of the molecule is C[C@H](NC(=O)CSc1nc2ncc(Cl)cc2[nH]1)c1ccc2c(c1)CCCC2. The Labute approximate surface area is 167 Å². The fourth-order valence-corrected chi connectivity index (χ4v) is 4.29. The van der Waals surface area contributed by atoms with Crippen molar-refractivity contribution in [1.29, 1.82) is 0 Å². The highest BCUT2D eigenvalue weighted by Gasteiger charge is 2.15. The molecule has 1 amide bonds. The second-order valence-corrected chi connectivity index (χ2v) is 8.28. The van der Waals surface area contributed by atoms with E-state index in [1.807, 2.05) is 6.92 Å². The number of thioether (sulfide) groups is 1. The van der Waals surface area contributed by atoms with Crippen molar-refractivity contribution in [3.63, 3.8) is 0 Å². The number of hydrogen-bond acceptors (Lipinski definition) is 4. The Bertz CT molecular complexity index is 987. The molecule has 5 nitrogen and oxygen atoms in total. The minimum Gasteiger partial charge on any atom is -0.349 e. The molecule has 0 bridgehead atoms. The molecule has 2 aromatic heterocycles. The summed E-state index contributed by atoms with van der Waals surface area (Å²) < 4.78 is 0. The molecule has 3 aromatic rings. The van der Waals surface area contributed by atoms with Crippen LogP contribution < -0.4 is 5.32 Å². The van der Waals surface area contributed by atoms with Gasteiger partial charge in [-0.25, -0.2) is 9.97 Å². The molecule has 0 unspecified atom stereocenters. The topological polar surface area (TPSA) is 70.7 Å². The van der Waals surface area contributed by atoms with Crippen LogP contribution in [0.15, 0.2) is 35.6 Å². The molecule has 1 aromatic carbocycles. The minimum absolute atomic E-state index is 0.0125. The van der Waals surface area contributed by atoms with E-state index in [4.69, 9.17) is 11.6 Å². The minimum atomic E-state index is -0.0170. The van der Waals surface area contributed by atoms with E-state index < -0.39 is 0 Å². The van der Waals surface area contributed by atoms with Gasteiger partial charge in [0.1, 0.15) is 0 Å². The molecule has 27 heavy (non-hydrogen) atoms. The number of fused-ring (bicyclic) bond motifs is 2. The molecule has 2 N–H and O–H groups in total. The zero-order chi connectivity index (χ0) is 18.8. The van der Waals surface area contributed by atoms with Crippen molar-refractivity contribution in [2.75, 3.05) is 5.75 Å². The van der Waals surface area contributed by atoms with Crippen molar-refractivity contribution < 1.29 is 4.79 Å². The van der Waals surface area contributed by atoms with Crippen LogP contribution in [0.1, 0.15) is 42.5 Å². The highest BCUT2D eigenvalue weighted by atomic mass is 35.5. The summed E-state index contributed by atoms with van der Waals surface area (Å²) in [5.74, 6) is 0.278. The summed E-state index contributed by atoms with van der Waals surface area (Å²) in [6.45, 7) is 2.03. The van der Waals surface area contributed by atoms with E-state index in [9.17, 15) is 4.79 Å². The van der Waals surface area contributed by atoms with E-state index in [0.29, 0.717) is 21.6 Å². The van der Waals surface area contributed by atoms with Crippen LogP contribution >= 0.6 is 23.4 Å². The molecule has 0 fully saturated rings. The monoisotopic (exact) mass is 400 g/mol. The number of hydrogen-bond donors (Lipinski definition) is 2. The molecule has 1 atom stereocenters. The van der Waals surface area contributed by atoms with Gasteiger partial charge < -0.3 is 10.3 Å². The quantitative estimate of drug-likeness (QED) is 0.620. The van der Waals surface area contributed by atoms with Crippen LogP contribution in [0.25, 0.3) is 11.2 Å². The third-order valence-corrected chi connectivity index (χ3v) is 5.95. The van der Waals surface area contributed by atoms with Crippen molar-refractivity contribution in [2.45, 2.75) is 43.8 Å². The Hall–Kier alpha value is -2.05. The number of carbonyl (C=O) groups excluding carboxylic acids is 1. The average Bonchev–Trinajstić information content (AvgIpc) is 3.08. The lowest BCUT2D eigenvalue weighted by molar-refractivity contribution is -0.119. The summed E-state index contributed by atoms with van der Waals surface area (Å²) in [5, 5.41) is 4.30. The second-order valence-electron chi connectivity index (χ2n) is 6.88. The number of amides is 1. The van der Waals surface area contributed by atoms with Crippen LogP contribution in [0.4, 0.5) is 0 Å². The van der Waals surface area contributed by atoms with Crippen LogP contribution in [0.3, 0.4) is 0 Å². The van der Waals surface area contributed by atoms with Gasteiger partial charge in [0, 0.05) is 6.20 Å². The molecule has 140 valence electrons. The van der Waals surface area contributed by atoms with Gasteiger partial charge in [0.05, 0.1) is 22.3 Å². The van der Waals surface area contributed by atoms with Crippen LogP contribution in [-0.4, -0.2) is 26.6 Å². The molecule has 0 aliphatic heterocycles. The average molecular weight is 401 g/mol. The number of H-pyrrole nitrogens is 1. The number of benzene rings is 1. The summed E-state index contributed by atoms with van der Waals surface area (Å²) in [6.07, 6.45) is 6.41. The van der Waals surface area contributed by atoms with Gasteiger partial charge in [0.25, 0.3) is 0 Å². The van der Waals surface area contributed by atoms with Crippen LogP contribution in [0.2, 0.25) is 5.02 Å². The Kier molecular flexibility index (Phi) is 5.36. The second kappa shape index (κ2) is 7.90. The number of imidazole rings is 1. The van der Waals surface area contributed by atoms with E-state index in [1.54, 1.807) is 12.3 Å². The number of pyridine rings is 1. The first-order valence-corrected chi connectivity index (χ1v) is 10.5. The number of aromatic amines is 1. The predicted molar refractivity (Wildman–Crippen MR) is 109 cm³/mol. The van der Waals surface area contributed by atoms with Crippen LogP contribution in [0.5, 0.6) is 0 Å². The molecule has 0 saturated heterocycles. The van der Waals surface area contributed by atoms with Gasteiger partial charge in [-0.1, -0.05) is 41.6 Å². The first kappa shape index (κ1) is 18.3. The third kappa shape index (κ3) is 4.28. The first-order chi connectivity index (χ1) is 13.1. The van der Waals surface area contributed by atoms with Crippen molar-refractivity contribution >= 4 is 40.4 Å². The van der Waals surface area contributed by atoms with E-state index in [0.717, 1.165) is 17.5 Å². The number of carbonyl (C=O) groups is 1. The third-order valence-electron chi connectivity index (χ3n) is 4.87. The maximum atomic E-state index is 12.3. The van der Waals surface area contributed by atoms with E-state index in [1.165, 1.54) is 42.2 Å².